The fourth-order valence-electron chi connectivity index (χ4n) is 3.14. The summed E-state index contributed by atoms with van der Waals surface area (Å²) in [6, 6.07) is 14.7. The second-order valence-corrected chi connectivity index (χ2v) is 7.55. The zero-order valence-corrected chi connectivity index (χ0v) is 15.3. The van der Waals surface area contributed by atoms with Gasteiger partial charge in [-0.25, -0.2) is 4.98 Å². The average molecular weight is 358 g/mol. The maximum Gasteiger partial charge on any atom is 0.186 e. The van der Waals surface area contributed by atoms with Crippen molar-refractivity contribution < 1.29 is 0 Å². The van der Waals surface area contributed by atoms with E-state index in [4.69, 9.17) is 16.6 Å². The first-order chi connectivity index (χ1) is 11.7. The van der Waals surface area contributed by atoms with Crippen LogP contribution in [0.1, 0.15) is 12.5 Å². The fourth-order valence-corrected chi connectivity index (χ4v) is 4.41. The molecule has 24 heavy (non-hydrogen) atoms. The van der Waals surface area contributed by atoms with E-state index in [0.717, 1.165) is 48.3 Å². The van der Waals surface area contributed by atoms with E-state index in [1.807, 2.05) is 29.5 Å². The molecule has 0 spiro atoms. The van der Waals surface area contributed by atoms with E-state index in [0.29, 0.717) is 0 Å². The molecular formula is C19H20ClN3S. The van der Waals surface area contributed by atoms with Crippen LogP contribution in [-0.4, -0.2) is 31.2 Å². The van der Waals surface area contributed by atoms with Gasteiger partial charge in [0.05, 0.1) is 10.2 Å². The van der Waals surface area contributed by atoms with Crippen LogP contribution in [0.3, 0.4) is 0 Å². The number of hydrogen-bond donors (Lipinski definition) is 0. The van der Waals surface area contributed by atoms with Crippen LogP contribution in [0.5, 0.6) is 0 Å². The molecule has 0 amide bonds. The number of rotatable bonds is 3. The molecule has 2 aromatic carbocycles. The highest BCUT2D eigenvalue weighted by Crippen LogP contribution is 2.31. The molecule has 0 bridgehead atoms. The number of aromatic nitrogens is 1. The van der Waals surface area contributed by atoms with E-state index in [9.17, 15) is 0 Å². The number of hydrogen-bond acceptors (Lipinski definition) is 4. The normalized spacial score (nSPS) is 15.2. The first kappa shape index (κ1) is 15.7. The van der Waals surface area contributed by atoms with Gasteiger partial charge in [0.2, 0.25) is 0 Å². The number of fused-ring (bicyclic) bond motifs is 1. The molecule has 1 aliphatic rings. The summed E-state index contributed by atoms with van der Waals surface area (Å²) in [5.41, 5.74) is 3.70. The van der Waals surface area contributed by atoms with Crippen molar-refractivity contribution >= 4 is 44.0 Å². The average Bonchev–Trinajstić information content (AvgIpc) is 3.05. The Morgan fingerprint density at radius 3 is 2.58 bits per heavy atom. The lowest BCUT2D eigenvalue weighted by atomic mass is 10.2. The highest BCUT2D eigenvalue weighted by atomic mass is 35.5. The van der Waals surface area contributed by atoms with E-state index in [1.54, 1.807) is 0 Å². The Hall–Kier alpha value is -1.78. The second kappa shape index (κ2) is 6.61. The Morgan fingerprint density at radius 1 is 1.04 bits per heavy atom. The van der Waals surface area contributed by atoms with Crippen LogP contribution in [0.25, 0.3) is 10.2 Å². The van der Waals surface area contributed by atoms with Gasteiger partial charge >= 0.3 is 0 Å². The lowest BCUT2D eigenvalue weighted by Gasteiger charge is -2.36. The second-order valence-electron chi connectivity index (χ2n) is 6.11. The van der Waals surface area contributed by atoms with Crippen molar-refractivity contribution in [2.45, 2.75) is 13.3 Å². The molecule has 1 fully saturated rings. The molecule has 3 aromatic rings. The summed E-state index contributed by atoms with van der Waals surface area (Å²) >= 11 is 7.92. The van der Waals surface area contributed by atoms with Crippen LogP contribution >= 0.6 is 22.9 Å². The third kappa shape index (κ3) is 3.08. The van der Waals surface area contributed by atoms with Crippen LogP contribution in [-0.2, 0) is 6.42 Å². The summed E-state index contributed by atoms with van der Waals surface area (Å²) in [5.74, 6) is 0. The maximum atomic E-state index is 6.11. The van der Waals surface area contributed by atoms with Gasteiger partial charge in [0, 0.05) is 36.9 Å². The van der Waals surface area contributed by atoms with Crippen LogP contribution in [0.4, 0.5) is 10.8 Å². The molecule has 1 aromatic heterocycles. The van der Waals surface area contributed by atoms with Crippen molar-refractivity contribution in [3.63, 3.8) is 0 Å². The molecule has 1 aliphatic heterocycles. The molecule has 0 atom stereocenters. The van der Waals surface area contributed by atoms with Gasteiger partial charge in [0.25, 0.3) is 0 Å². The van der Waals surface area contributed by atoms with Crippen LogP contribution in [0, 0.1) is 0 Å². The highest BCUT2D eigenvalue weighted by molar-refractivity contribution is 7.22. The van der Waals surface area contributed by atoms with E-state index in [-0.39, 0.29) is 0 Å². The van der Waals surface area contributed by atoms with E-state index >= 15 is 0 Å². The summed E-state index contributed by atoms with van der Waals surface area (Å²) in [7, 11) is 0. The van der Waals surface area contributed by atoms with Crippen molar-refractivity contribution in [2.75, 3.05) is 36.0 Å². The van der Waals surface area contributed by atoms with Gasteiger partial charge in [-0.3, -0.25) is 0 Å². The van der Waals surface area contributed by atoms with Gasteiger partial charge < -0.3 is 9.80 Å². The molecular weight excluding hydrogens is 338 g/mol. The number of piperazine rings is 1. The molecule has 4 rings (SSSR count). The van der Waals surface area contributed by atoms with E-state index in [1.165, 1.54) is 16.0 Å². The van der Waals surface area contributed by atoms with Gasteiger partial charge in [0.1, 0.15) is 0 Å². The first-order valence-electron chi connectivity index (χ1n) is 8.38. The van der Waals surface area contributed by atoms with Gasteiger partial charge in [-0.2, -0.15) is 0 Å². The van der Waals surface area contributed by atoms with Gasteiger partial charge in [-0.15, -0.1) is 0 Å². The Kier molecular flexibility index (Phi) is 4.33. The summed E-state index contributed by atoms with van der Waals surface area (Å²) < 4.78 is 1.29. The lowest BCUT2D eigenvalue weighted by molar-refractivity contribution is 0.652. The maximum absolute atomic E-state index is 6.11. The molecule has 0 saturated carbocycles. The van der Waals surface area contributed by atoms with Crippen LogP contribution < -0.4 is 9.80 Å². The van der Waals surface area contributed by atoms with Crippen molar-refractivity contribution in [3.05, 3.63) is 53.1 Å². The number of benzene rings is 2. The Balaban J connectivity index is 1.49. The van der Waals surface area contributed by atoms with Crippen LogP contribution in [0.15, 0.2) is 42.5 Å². The number of anilines is 2. The lowest BCUT2D eigenvalue weighted by Crippen LogP contribution is -2.46. The predicted molar refractivity (Wildman–Crippen MR) is 105 cm³/mol. The first-order valence-corrected chi connectivity index (χ1v) is 9.57. The Bertz CT molecular complexity index is 853. The smallest absolute Gasteiger partial charge is 0.186 e. The molecule has 0 aliphatic carbocycles. The quantitative estimate of drug-likeness (QED) is 0.668. The summed E-state index contributed by atoms with van der Waals surface area (Å²) in [5, 5.41) is 1.94. The minimum absolute atomic E-state index is 0.799. The molecule has 0 N–H and O–H groups in total. The van der Waals surface area contributed by atoms with Crippen molar-refractivity contribution in [1.82, 2.24) is 4.98 Å². The largest absolute Gasteiger partial charge is 0.368 e. The van der Waals surface area contributed by atoms with Gasteiger partial charge in [-0.1, -0.05) is 42.0 Å². The molecule has 0 radical (unpaired) electrons. The zero-order valence-electron chi connectivity index (χ0n) is 13.7. The SMILES string of the molecule is CCc1ccc2nc(N3CCN(c4cccc(Cl)c4)CC3)sc2c1. The Morgan fingerprint density at radius 2 is 1.83 bits per heavy atom. The van der Waals surface area contributed by atoms with Gasteiger partial charge in [-0.05, 0) is 42.3 Å². The van der Waals surface area contributed by atoms with Crippen LogP contribution in [0.2, 0.25) is 5.02 Å². The fraction of sp³-hybridized carbons (Fsp3) is 0.316. The number of thiazole rings is 1. The highest BCUT2D eigenvalue weighted by Gasteiger charge is 2.20. The molecule has 2 heterocycles. The Labute approximate surface area is 151 Å². The van der Waals surface area contributed by atoms with Crippen molar-refractivity contribution in [2.24, 2.45) is 0 Å². The minimum atomic E-state index is 0.799. The summed E-state index contributed by atoms with van der Waals surface area (Å²) in [4.78, 5) is 9.62. The number of nitrogens with zero attached hydrogens (tertiary/aromatic N) is 3. The van der Waals surface area contributed by atoms with E-state index < -0.39 is 0 Å². The number of halogens is 1. The summed E-state index contributed by atoms with van der Waals surface area (Å²) in [6.45, 7) is 6.17. The molecule has 3 nitrogen and oxygen atoms in total. The standard InChI is InChI=1S/C19H20ClN3S/c1-2-14-6-7-17-18(12-14)24-19(21-17)23-10-8-22(9-11-23)16-5-3-4-15(20)13-16/h3-7,12-13H,2,8-11H2,1H3. The summed E-state index contributed by atoms with van der Waals surface area (Å²) in [6.07, 6.45) is 1.07. The monoisotopic (exact) mass is 357 g/mol. The van der Waals surface area contributed by atoms with E-state index in [2.05, 4.69) is 41.0 Å². The topological polar surface area (TPSA) is 19.4 Å². The van der Waals surface area contributed by atoms with Gasteiger partial charge in [0.15, 0.2) is 5.13 Å². The molecule has 124 valence electrons. The predicted octanol–water partition coefficient (Wildman–Crippen LogP) is 4.84. The number of aryl methyl sites for hydroxylation is 1. The zero-order chi connectivity index (χ0) is 16.5. The molecule has 0 unspecified atom stereocenters. The minimum Gasteiger partial charge on any atom is -0.368 e. The van der Waals surface area contributed by atoms with Crippen molar-refractivity contribution in [1.29, 1.82) is 0 Å². The molecule has 5 heteroatoms. The molecule has 1 saturated heterocycles. The third-order valence-electron chi connectivity index (χ3n) is 4.57. The van der Waals surface area contributed by atoms with Crippen molar-refractivity contribution in [3.8, 4) is 0 Å². The third-order valence-corrected chi connectivity index (χ3v) is 5.89.